The fourth-order valence-corrected chi connectivity index (χ4v) is 3.11. The zero-order valence-corrected chi connectivity index (χ0v) is 13.3. The highest BCUT2D eigenvalue weighted by atomic mass is 16.4. The summed E-state index contributed by atoms with van der Waals surface area (Å²) in [6.45, 7) is 3.91. The van der Waals surface area contributed by atoms with Gasteiger partial charge in [0.1, 0.15) is 6.04 Å². The highest BCUT2D eigenvalue weighted by molar-refractivity contribution is 5.83. The van der Waals surface area contributed by atoms with Gasteiger partial charge in [0.15, 0.2) is 0 Å². The van der Waals surface area contributed by atoms with E-state index < -0.39 is 12.0 Å². The zero-order chi connectivity index (χ0) is 16.1. The largest absolute Gasteiger partial charge is 0.480 e. The molecule has 120 valence electrons. The molecule has 1 aliphatic carbocycles. The summed E-state index contributed by atoms with van der Waals surface area (Å²) in [6, 6.07) is 9.58. The minimum atomic E-state index is -0.946. The Balaban J connectivity index is 1.76. The lowest BCUT2D eigenvalue weighted by atomic mass is 9.70. The molecule has 1 saturated carbocycles. The van der Waals surface area contributed by atoms with E-state index >= 15 is 0 Å². The van der Waals surface area contributed by atoms with Gasteiger partial charge in [-0.2, -0.15) is 0 Å². The van der Waals surface area contributed by atoms with Crippen molar-refractivity contribution in [3.63, 3.8) is 0 Å². The first-order valence-electron chi connectivity index (χ1n) is 8.02. The summed E-state index contributed by atoms with van der Waals surface area (Å²) >= 11 is 0. The Labute approximate surface area is 131 Å². The first-order valence-corrected chi connectivity index (χ1v) is 8.02. The van der Waals surface area contributed by atoms with E-state index in [2.05, 4.69) is 17.4 Å². The normalized spacial score (nSPS) is 22.0. The lowest BCUT2D eigenvalue weighted by molar-refractivity contribution is -0.142. The molecule has 1 unspecified atom stereocenters. The average Bonchev–Trinajstić information content (AvgIpc) is 2.42. The Hall–Kier alpha value is -1.84. The standard InChI is InChI=1S/C18H25NO3/c1-12(2)8-16(18(21)22)19-17(20)11-13-9-15(10-13)14-6-4-3-5-7-14/h3-7,12-13,15-16H,8-11H2,1-2H3,(H,19,20)(H,21,22). The van der Waals surface area contributed by atoms with Crippen molar-refractivity contribution < 1.29 is 14.7 Å². The van der Waals surface area contributed by atoms with E-state index in [1.165, 1.54) is 5.56 Å². The van der Waals surface area contributed by atoms with Crippen LogP contribution in [0.25, 0.3) is 0 Å². The maximum absolute atomic E-state index is 12.0. The molecule has 2 rings (SSSR count). The molecular formula is C18H25NO3. The van der Waals surface area contributed by atoms with Gasteiger partial charge in [0.05, 0.1) is 0 Å². The van der Waals surface area contributed by atoms with Crippen LogP contribution in [0.3, 0.4) is 0 Å². The van der Waals surface area contributed by atoms with Crippen LogP contribution in [0.15, 0.2) is 30.3 Å². The topological polar surface area (TPSA) is 66.4 Å². The van der Waals surface area contributed by atoms with Crippen LogP contribution >= 0.6 is 0 Å². The second-order valence-electron chi connectivity index (χ2n) is 6.74. The third-order valence-corrected chi connectivity index (χ3v) is 4.32. The molecule has 0 heterocycles. The molecule has 1 fully saturated rings. The van der Waals surface area contributed by atoms with E-state index in [0.29, 0.717) is 24.7 Å². The summed E-state index contributed by atoms with van der Waals surface area (Å²) in [6.07, 6.45) is 2.93. The van der Waals surface area contributed by atoms with Crippen LogP contribution in [0, 0.1) is 11.8 Å². The number of hydrogen-bond donors (Lipinski definition) is 2. The summed E-state index contributed by atoms with van der Waals surface area (Å²) in [5, 5.41) is 11.8. The molecule has 0 saturated heterocycles. The van der Waals surface area contributed by atoms with Crippen LogP contribution < -0.4 is 5.32 Å². The van der Waals surface area contributed by atoms with E-state index in [0.717, 1.165) is 12.8 Å². The van der Waals surface area contributed by atoms with Gasteiger partial charge in [-0.25, -0.2) is 4.79 Å². The number of benzene rings is 1. The second kappa shape index (κ2) is 7.43. The van der Waals surface area contributed by atoms with E-state index in [1.54, 1.807) is 0 Å². The van der Waals surface area contributed by atoms with Gasteiger partial charge in [-0.1, -0.05) is 44.2 Å². The summed E-state index contributed by atoms with van der Waals surface area (Å²) in [5.41, 5.74) is 1.34. The minimum absolute atomic E-state index is 0.135. The summed E-state index contributed by atoms with van der Waals surface area (Å²) in [7, 11) is 0. The Bertz CT molecular complexity index is 506. The summed E-state index contributed by atoms with van der Waals surface area (Å²) < 4.78 is 0. The Morgan fingerprint density at radius 1 is 1.23 bits per heavy atom. The van der Waals surface area contributed by atoms with Crippen LogP contribution in [0.2, 0.25) is 0 Å². The highest BCUT2D eigenvalue weighted by Gasteiger charge is 2.32. The van der Waals surface area contributed by atoms with Crippen molar-refractivity contribution >= 4 is 11.9 Å². The van der Waals surface area contributed by atoms with Crippen LogP contribution in [0.4, 0.5) is 0 Å². The predicted molar refractivity (Wildman–Crippen MR) is 85.5 cm³/mol. The average molecular weight is 303 g/mol. The number of carbonyl (C=O) groups is 2. The van der Waals surface area contributed by atoms with Gasteiger partial charge in [0, 0.05) is 6.42 Å². The van der Waals surface area contributed by atoms with Crippen LogP contribution in [0.5, 0.6) is 0 Å². The number of amides is 1. The van der Waals surface area contributed by atoms with E-state index in [4.69, 9.17) is 5.11 Å². The smallest absolute Gasteiger partial charge is 0.326 e. The van der Waals surface area contributed by atoms with Gasteiger partial charge in [-0.15, -0.1) is 0 Å². The highest BCUT2D eigenvalue weighted by Crippen LogP contribution is 2.43. The third kappa shape index (κ3) is 4.58. The number of aliphatic carboxylic acids is 1. The molecule has 0 aliphatic heterocycles. The van der Waals surface area contributed by atoms with Crippen LogP contribution in [-0.4, -0.2) is 23.0 Å². The molecule has 4 heteroatoms. The Kier molecular flexibility index (Phi) is 5.58. The minimum Gasteiger partial charge on any atom is -0.480 e. The SMILES string of the molecule is CC(C)CC(NC(=O)CC1CC(c2ccccc2)C1)C(=O)O. The lowest BCUT2D eigenvalue weighted by Crippen LogP contribution is -2.43. The third-order valence-electron chi connectivity index (χ3n) is 4.32. The molecule has 1 amide bonds. The van der Waals surface area contributed by atoms with E-state index in [9.17, 15) is 9.59 Å². The molecule has 0 spiro atoms. The number of rotatable bonds is 7. The molecule has 1 aliphatic rings. The van der Waals surface area contributed by atoms with Gasteiger partial charge in [0.25, 0.3) is 0 Å². The van der Waals surface area contributed by atoms with Crippen molar-refractivity contribution in [2.24, 2.45) is 11.8 Å². The molecule has 0 aromatic heterocycles. The second-order valence-corrected chi connectivity index (χ2v) is 6.74. The van der Waals surface area contributed by atoms with E-state index in [-0.39, 0.29) is 11.8 Å². The van der Waals surface area contributed by atoms with Crippen molar-refractivity contribution in [2.75, 3.05) is 0 Å². The van der Waals surface area contributed by atoms with Gasteiger partial charge < -0.3 is 10.4 Å². The van der Waals surface area contributed by atoms with Crippen LogP contribution in [-0.2, 0) is 9.59 Å². The number of hydrogen-bond acceptors (Lipinski definition) is 2. The molecular weight excluding hydrogens is 278 g/mol. The maximum Gasteiger partial charge on any atom is 0.326 e. The maximum atomic E-state index is 12.0. The zero-order valence-electron chi connectivity index (χ0n) is 13.3. The summed E-state index contributed by atoms with van der Waals surface area (Å²) in [4.78, 5) is 23.2. The molecule has 1 atom stereocenters. The van der Waals surface area contributed by atoms with Gasteiger partial charge in [-0.3, -0.25) is 4.79 Å². The molecule has 0 bridgehead atoms. The monoisotopic (exact) mass is 303 g/mol. The van der Waals surface area contributed by atoms with Crippen molar-refractivity contribution in [3.8, 4) is 0 Å². The first-order chi connectivity index (χ1) is 10.5. The van der Waals surface area contributed by atoms with Crippen molar-refractivity contribution in [2.45, 2.75) is 51.5 Å². The number of carboxylic acid groups (broad SMARTS) is 1. The quantitative estimate of drug-likeness (QED) is 0.813. The van der Waals surface area contributed by atoms with Crippen molar-refractivity contribution in [1.29, 1.82) is 0 Å². The molecule has 1 aromatic carbocycles. The molecule has 22 heavy (non-hydrogen) atoms. The Morgan fingerprint density at radius 3 is 2.41 bits per heavy atom. The molecule has 1 aromatic rings. The molecule has 4 nitrogen and oxygen atoms in total. The fraction of sp³-hybridized carbons (Fsp3) is 0.556. The van der Waals surface area contributed by atoms with Crippen molar-refractivity contribution in [3.05, 3.63) is 35.9 Å². The first kappa shape index (κ1) is 16.5. The number of nitrogens with one attached hydrogen (secondary N) is 1. The number of carboxylic acids is 1. The predicted octanol–water partition coefficient (Wildman–Crippen LogP) is 3.19. The Morgan fingerprint density at radius 2 is 1.86 bits per heavy atom. The molecule has 2 N–H and O–H groups in total. The van der Waals surface area contributed by atoms with Crippen molar-refractivity contribution in [1.82, 2.24) is 5.32 Å². The lowest BCUT2D eigenvalue weighted by Gasteiger charge is -2.35. The molecule has 0 radical (unpaired) electrons. The van der Waals surface area contributed by atoms with Gasteiger partial charge in [0.2, 0.25) is 5.91 Å². The van der Waals surface area contributed by atoms with Gasteiger partial charge >= 0.3 is 5.97 Å². The summed E-state index contributed by atoms with van der Waals surface area (Å²) in [5.74, 6) is 0.0820. The van der Waals surface area contributed by atoms with Crippen LogP contribution in [0.1, 0.15) is 51.0 Å². The number of carbonyl (C=O) groups excluding carboxylic acids is 1. The fourth-order valence-electron chi connectivity index (χ4n) is 3.11. The van der Waals surface area contributed by atoms with Gasteiger partial charge in [-0.05, 0) is 42.6 Å². The van der Waals surface area contributed by atoms with E-state index in [1.807, 2.05) is 32.0 Å².